The van der Waals surface area contributed by atoms with Crippen LogP contribution in [0.5, 0.6) is 0 Å². The number of aromatic nitrogens is 3. The Bertz CT molecular complexity index is 1370. The summed E-state index contributed by atoms with van der Waals surface area (Å²) >= 11 is 0. The maximum absolute atomic E-state index is 14.8. The fraction of sp³-hybridized carbons (Fsp3) is 0. The quantitative estimate of drug-likeness (QED) is 0.373. The molecule has 0 unspecified atom stereocenters. The molecule has 0 aliphatic rings. The molecule has 4 nitrogen and oxygen atoms in total. The normalized spacial score (nSPS) is 10.9. The van der Waals surface area contributed by atoms with Crippen molar-refractivity contribution in [2.24, 2.45) is 0 Å². The third kappa shape index (κ3) is 3.83. The fourth-order valence-corrected chi connectivity index (χ4v) is 3.40. The van der Waals surface area contributed by atoms with Crippen LogP contribution in [-0.2, 0) is 0 Å². The van der Waals surface area contributed by atoms with Gasteiger partial charge < -0.3 is 5.32 Å². The minimum absolute atomic E-state index is 0.358. The van der Waals surface area contributed by atoms with Crippen LogP contribution in [0, 0.1) is 11.6 Å². The van der Waals surface area contributed by atoms with Crippen LogP contribution in [0.3, 0.4) is 0 Å². The summed E-state index contributed by atoms with van der Waals surface area (Å²) in [5, 5.41) is 4.04. The van der Waals surface area contributed by atoms with E-state index in [4.69, 9.17) is 0 Å². The molecule has 0 saturated heterocycles. The van der Waals surface area contributed by atoms with Crippen molar-refractivity contribution in [2.75, 3.05) is 5.32 Å². The fourth-order valence-electron chi connectivity index (χ4n) is 3.40. The molecule has 0 bridgehead atoms. The highest BCUT2D eigenvalue weighted by Gasteiger charge is 2.11. The summed E-state index contributed by atoms with van der Waals surface area (Å²) < 4.78 is 28.0. The highest BCUT2D eigenvalue weighted by Crippen LogP contribution is 2.30. The number of rotatable bonds is 4. The van der Waals surface area contributed by atoms with E-state index in [0.717, 1.165) is 16.5 Å². The number of halogens is 2. The van der Waals surface area contributed by atoms with Gasteiger partial charge in [0.05, 0.1) is 5.52 Å². The van der Waals surface area contributed by atoms with E-state index in [-0.39, 0.29) is 5.82 Å². The summed E-state index contributed by atoms with van der Waals surface area (Å²) in [7, 11) is 0. The van der Waals surface area contributed by atoms with Gasteiger partial charge in [0.2, 0.25) is 0 Å². The first-order valence-electron chi connectivity index (χ1n) is 9.67. The first kappa shape index (κ1) is 18.8. The Morgan fingerprint density at radius 2 is 1.48 bits per heavy atom. The van der Waals surface area contributed by atoms with Crippen molar-refractivity contribution in [1.82, 2.24) is 15.0 Å². The molecule has 1 N–H and O–H groups in total. The predicted octanol–water partition coefficient (Wildman–Crippen LogP) is 6.38. The Morgan fingerprint density at radius 1 is 0.710 bits per heavy atom. The zero-order chi connectivity index (χ0) is 21.2. The second kappa shape index (κ2) is 7.91. The molecule has 0 saturated carbocycles. The molecular weight excluding hydrogens is 394 g/mol. The number of pyridine rings is 1. The van der Waals surface area contributed by atoms with Gasteiger partial charge in [-0.15, -0.1) is 0 Å². The average molecular weight is 410 g/mol. The number of para-hydroxylation sites is 1. The maximum atomic E-state index is 14.8. The van der Waals surface area contributed by atoms with Gasteiger partial charge in [0, 0.05) is 34.6 Å². The summed E-state index contributed by atoms with van der Waals surface area (Å²) in [5.41, 5.74) is 3.17. The molecule has 5 aromatic rings. The summed E-state index contributed by atoms with van der Waals surface area (Å²) in [6.45, 7) is 0. The SMILES string of the molecule is Fc1ccc(-c2ccc(Nc3nc(-c4ccncc4)nc4ccccc34)cc2F)cc1. The van der Waals surface area contributed by atoms with Gasteiger partial charge in [-0.05, 0) is 60.2 Å². The zero-order valence-electron chi connectivity index (χ0n) is 16.3. The van der Waals surface area contributed by atoms with E-state index in [9.17, 15) is 8.78 Å². The van der Waals surface area contributed by atoms with E-state index in [2.05, 4.69) is 20.3 Å². The minimum Gasteiger partial charge on any atom is -0.340 e. The van der Waals surface area contributed by atoms with Crippen LogP contribution in [0.4, 0.5) is 20.3 Å². The van der Waals surface area contributed by atoms with E-state index < -0.39 is 5.82 Å². The number of nitrogens with zero attached hydrogens (tertiary/aromatic N) is 3. The van der Waals surface area contributed by atoms with Gasteiger partial charge in [-0.2, -0.15) is 0 Å². The predicted molar refractivity (Wildman–Crippen MR) is 118 cm³/mol. The van der Waals surface area contributed by atoms with Crippen LogP contribution in [0.25, 0.3) is 33.4 Å². The van der Waals surface area contributed by atoms with E-state index in [1.165, 1.54) is 18.2 Å². The molecule has 5 rings (SSSR count). The molecule has 6 heteroatoms. The molecule has 31 heavy (non-hydrogen) atoms. The molecule has 0 amide bonds. The lowest BCUT2D eigenvalue weighted by Crippen LogP contribution is -2.00. The molecular formula is C25H16F2N4. The molecule has 0 aliphatic heterocycles. The van der Waals surface area contributed by atoms with Crippen molar-refractivity contribution in [3.8, 4) is 22.5 Å². The number of nitrogens with one attached hydrogen (secondary N) is 1. The van der Waals surface area contributed by atoms with Gasteiger partial charge in [-0.1, -0.05) is 24.3 Å². The van der Waals surface area contributed by atoms with Gasteiger partial charge >= 0.3 is 0 Å². The molecule has 0 atom stereocenters. The van der Waals surface area contributed by atoms with Crippen LogP contribution in [0.15, 0.2) is 91.3 Å². The van der Waals surface area contributed by atoms with Crippen LogP contribution in [0.1, 0.15) is 0 Å². The van der Waals surface area contributed by atoms with Crippen LogP contribution >= 0.6 is 0 Å². The van der Waals surface area contributed by atoms with Crippen molar-refractivity contribution in [3.05, 3.63) is 103 Å². The Kier molecular flexibility index (Phi) is 4.80. The van der Waals surface area contributed by atoms with Crippen LogP contribution in [0.2, 0.25) is 0 Å². The summed E-state index contributed by atoms with van der Waals surface area (Å²) in [4.78, 5) is 13.4. The molecule has 0 fully saturated rings. The van der Waals surface area contributed by atoms with Gasteiger partial charge in [0.1, 0.15) is 17.5 Å². The minimum atomic E-state index is -0.413. The lowest BCUT2D eigenvalue weighted by atomic mass is 10.0. The summed E-state index contributed by atoms with van der Waals surface area (Å²) in [6, 6.07) is 21.9. The monoisotopic (exact) mass is 410 g/mol. The number of anilines is 2. The standard InChI is InChI=1S/C25H16F2N4/c26-18-7-5-16(6-8-18)20-10-9-19(15-22(20)27)29-25-21-3-1-2-4-23(21)30-24(31-25)17-11-13-28-14-12-17/h1-15H,(H,29,30,31). The molecule has 150 valence electrons. The first-order valence-corrected chi connectivity index (χ1v) is 9.67. The topological polar surface area (TPSA) is 50.7 Å². The van der Waals surface area contributed by atoms with Crippen molar-refractivity contribution < 1.29 is 8.78 Å². The van der Waals surface area contributed by atoms with Gasteiger partial charge in [0.15, 0.2) is 5.82 Å². The summed E-state index contributed by atoms with van der Waals surface area (Å²) in [6.07, 6.45) is 3.37. The van der Waals surface area contributed by atoms with E-state index in [0.29, 0.717) is 28.5 Å². The number of hydrogen-bond acceptors (Lipinski definition) is 4. The van der Waals surface area contributed by atoms with Crippen LogP contribution < -0.4 is 5.32 Å². The van der Waals surface area contributed by atoms with E-state index >= 15 is 0 Å². The second-order valence-electron chi connectivity index (χ2n) is 6.98. The first-order chi connectivity index (χ1) is 15.2. The Balaban J connectivity index is 1.54. The van der Waals surface area contributed by atoms with E-state index in [1.54, 1.807) is 36.7 Å². The average Bonchev–Trinajstić information content (AvgIpc) is 2.80. The van der Waals surface area contributed by atoms with Crippen molar-refractivity contribution in [2.45, 2.75) is 0 Å². The second-order valence-corrected chi connectivity index (χ2v) is 6.98. The third-order valence-corrected chi connectivity index (χ3v) is 4.93. The van der Waals surface area contributed by atoms with Crippen molar-refractivity contribution >= 4 is 22.4 Å². The molecule has 0 spiro atoms. The van der Waals surface area contributed by atoms with Gasteiger partial charge in [-0.25, -0.2) is 18.7 Å². The summed E-state index contributed by atoms with van der Waals surface area (Å²) in [5.74, 6) is 0.353. The van der Waals surface area contributed by atoms with Crippen LogP contribution in [-0.4, -0.2) is 15.0 Å². The van der Waals surface area contributed by atoms with E-state index in [1.807, 2.05) is 36.4 Å². The molecule has 3 aromatic carbocycles. The Hall–Kier alpha value is -4.19. The smallest absolute Gasteiger partial charge is 0.162 e. The van der Waals surface area contributed by atoms with Crippen molar-refractivity contribution in [1.29, 1.82) is 0 Å². The molecule has 0 aliphatic carbocycles. The Labute approximate surface area is 177 Å². The molecule has 0 radical (unpaired) electrons. The number of benzene rings is 3. The zero-order valence-corrected chi connectivity index (χ0v) is 16.3. The van der Waals surface area contributed by atoms with Crippen molar-refractivity contribution in [3.63, 3.8) is 0 Å². The number of fused-ring (bicyclic) bond motifs is 1. The lowest BCUT2D eigenvalue weighted by Gasteiger charge is -2.12. The maximum Gasteiger partial charge on any atom is 0.162 e. The number of hydrogen-bond donors (Lipinski definition) is 1. The highest BCUT2D eigenvalue weighted by atomic mass is 19.1. The highest BCUT2D eigenvalue weighted by molar-refractivity contribution is 5.92. The molecule has 2 heterocycles. The molecule has 2 aromatic heterocycles. The third-order valence-electron chi connectivity index (χ3n) is 4.93. The van der Waals surface area contributed by atoms with Gasteiger partial charge in [0.25, 0.3) is 0 Å². The van der Waals surface area contributed by atoms with Gasteiger partial charge in [-0.3, -0.25) is 4.98 Å². The lowest BCUT2D eigenvalue weighted by molar-refractivity contribution is 0.626. The largest absolute Gasteiger partial charge is 0.340 e. The Morgan fingerprint density at radius 3 is 2.26 bits per heavy atom.